The quantitative estimate of drug-likeness (QED) is 0.529. The summed E-state index contributed by atoms with van der Waals surface area (Å²) in [6.07, 6.45) is 7.11. The number of halogens is 2. The molecule has 1 saturated heterocycles. The van der Waals surface area contributed by atoms with Gasteiger partial charge in [0, 0.05) is 22.7 Å². The SMILES string of the molecule is Clc1cc2c(CCCOC3CCCCO3)ccc(Br)c2cn1. The minimum atomic E-state index is -0.00550. The predicted octanol–water partition coefficient (Wildman–Crippen LogP) is 5.13. The van der Waals surface area contributed by atoms with E-state index in [1.165, 1.54) is 12.0 Å². The lowest BCUT2D eigenvalue weighted by molar-refractivity contribution is -0.162. The summed E-state index contributed by atoms with van der Waals surface area (Å²) in [6.45, 7) is 1.55. The van der Waals surface area contributed by atoms with Gasteiger partial charge in [0.05, 0.1) is 6.61 Å². The zero-order valence-corrected chi connectivity index (χ0v) is 14.7. The molecule has 0 spiro atoms. The number of benzene rings is 1. The van der Waals surface area contributed by atoms with E-state index in [0.717, 1.165) is 54.1 Å². The highest BCUT2D eigenvalue weighted by Gasteiger charge is 2.13. The maximum atomic E-state index is 6.04. The number of hydrogen-bond donors (Lipinski definition) is 0. The maximum Gasteiger partial charge on any atom is 0.157 e. The van der Waals surface area contributed by atoms with Gasteiger partial charge < -0.3 is 9.47 Å². The van der Waals surface area contributed by atoms with E-state index in [1.54, 1.807) is 0 Å². The highest BCUT2D eigenvalue weighted by atomic mass is 79.9. The highest BCUT2D eigenvalue weighted by molar-refractivity contribution is 9.10. The summed E-state index contributed by atoms with van der Waals surface area (Å²) >= 11 is 9.60. The largest absolute Gasteiger partial charge is 0.353 e. The molecule has 1 atom stereocenters. The van der Waals surface area contributed by atoms with Crippen molar-refractivity contribution >= 4 is 38.3 Å². The van der Waals surface area contributed by atoms with Crippen LogP contribution in [0.2, 0.25) is 5.15 Å². The van der Waals surface area contributed by atoms with Crippen molar-refractivity contribution in [1.82, 2.24) is 4.98 Å². The second-order valence-electron chi connectivity index (χ2n) is 5.53. The third-order valence-corrected chi connectivity index (χ3v) is 4.83. The molecule has 3 nitrogen and oxygen atoms in total. The van der Waals surface area contributed by atoms with Crippen molar-refractivity contribution in [3.8, 4) is 0 Å². The van der Waals surface area contributed by atoms with Crippen LogP contribution < -0.4 is 0 Å². The van der Waals surface area contributed by atoms with Crippen LogP contribution in [0.5, 0.6) is 0 Å². The van der Waals surface area contributed by atoms with E-state index in [1.807, 2.05) is 12.3 Å². The number of hydrogen-bond acceptors (Lipinski definition) is 3. The van der Waals surface area contributed by atoms with Gasteiger partial charge in [0.2, 0.25) is 0 Å². The van der Waals surface area contributed by atoms with E-state index in [-0.39, 0.29) is 6.29 Å². The zero-order chi connectivity index (χ0) is 15.4. The molecule has 0 aliphatic carbocycles. The first-order valence-electron chi connectivity index (χ1n) is 7.70. The van der Waals surface area contributed by atoms with Crippen LogP contribution in [-0.4, -0.2) is 24.5 Å². The second-order valence-corrected chi connectivity index (χ2v) is 6.77. The van der Waals surface area contributed by atoms with Crippen molar-refractivity contribution in [1.29, 1.82) is 0 Å². The molecule has 0 saturated carbocycles. The monoisotopic (exact) mass is 383 g/mol. The summed E-state index contributed by atoms with van der Waals surface area (Å²) < 4.78 is 12.4. The van der Waals surface area contributed by atoms with E-state index in [0.29, 0.717) is 5.15 Å². The fourth-order valence-corrected chi connectivity index (χ4v) is 3.38. The summed E-state index contributed by atoms with van der Waals surface area (Å²) in [5.41, 5.74) is 1.27. The number of pyridine rings is 1. The van der Waals surface area contributed by atoms with Crippen molar-refractivity contribution < 1.29 is 9.47 Å². The summed E-state index contributed by atoms with van der Waals surface area (Å²) in [4.78, 5) is 4.16. The maximum absolute atomic E-state index is 6.04. The molecule has 2 heterocycles. The van der Waals surface area contributed by atoms with E-state index in [9.17, 15) is 0 Å². The smallest absolute Gasteiger partial charge is 0.157 e. The number of rotatable bonds is 5. The lowest BCUT2D eigenvalue weighted by Crippen LogP contribution is -2.22. The van der Waals surface area contributed by atoms with Crippen LogP contribution in [0, 0.1) is 0 Å². The minimum absolute atomic E-state index is 0.00550. The molecule has 0 amide bonds. The Morgan fingerprint density at radius 1 is 1.32 bits per heavy atom. The Balaban J connectivity index is 1.61. The average Bonchev–Trinajstić information content (AvgIpc) is 2.54. The number of aromatic nitrogens is 1. The first kappa shape index (κ1) is 16.2. The van der Waals surface area contributed by atoms with Gasteiger partial charge in [-0.1, -0.05) is 33.6 Å². The molecule has 0 N–H and O–H groups in total. The van der Waals surface area contributed by atoms with Crippen LogP contribution in [0.4, 0.5) is 0 Å². The van der Waals surface area contributed by atoms with Gasteiger partial charge in [-0.25, -0.2) is 4.98 Å². The molecule has 1 unspecified atom stereocenters. The first-order valence-corrected chi connectivity index (χ1v) is 8.87. The number of ether oxygens (including phenoxy) is 2. The minimum Gasteiger partial charge on any atom is -0.353 e. The van der Waals surface area contributed by atoms with Crippen molar-refractivity contribution in [2.75, 3.05) is 13.2 Å². The molecule has 1 aromatic carbocycles. The van der Waals surface area contributed by atoms with Gasteiger partial charge >= 0.3 is 0 Å². The molecular formula is C17H19BrClNO2. The van der Waals surface area contributed by atoms with Crippen LogP contribution in [0.3, 0.4) is 0 Å². The molecule has 0 bridgehead atoms. The van der Waals surface area contributed by atoms with Gasteiger partial charge in [-0.15, -0.1) is 0 Å². The van der Waals surface area contributed by atoms with Gasteiger partial charge in [-0.2, -0.15) is 0 Å². The number of aryl methyl sites for hydroxylation is 1. The van der Waals surface area contributed by atoms with Crippen LogP contribution in [0.25, 0.3) is 10.8 Å². The lowest BCUT2D eigenvalue weighted by atomic mass is 10.0. The normalized spacial score (nSPS) is 18.7. The highest BCUT2D eigenvalue weighted by Crippen LogP contribution is 2.28. The van der Waals surface area contributed by atoms with Crippen molar-refractivity contribution in [2.24, 2.45) is 0 Å². The first-order chi connectivity index (χ1) is 10.7. The Hall–Kier alpha value is -0.680. The standard InChI is InChI=1S/C17H19BrClNO2/c18-15-7-6-12(13-10-16(19)20-11-14(13)15)4-3-9-22-17-5-1-2-8-21-17/h6-7,10-11,17H,1-5,8-9H2. The summed E-state index contributed by atoms with van der Waals surface area (Å²) in [5, 5.41) is 2.78. The Bertz CT molecular complexity index is 644. The fraction of sp³-hybridized carbons (Fsp3) is 0.471. The molecule has 22 heavy (non-hydrogen) atoms. The van der Waals surface area contributed by atoms with Crippen LogP contribution in [0.15, 0.2) is 28.9 Å². The lowest BCUT2D eigenvalue weighted by Gasteiger charge is -2.22. The van der Waals surface area contributed by atoms with Gasteiger partial charge in [0.25, 0.3) is 0 Å². The molecule has 0 radical (unpaired) electrons. The van der Waals surface area contributed by atoms with Crippen LogP contribution >= 0.6 is 27.5 Å². The van der Waals surface area contributed by atoms with E-state index in [2.05, 4.69) is 33.0 Å². The molecule has 1 aromatic heterocycles. The van der Waals surface area contributed by atoms with Gasteiger partial charge in [-0.3, -0.25) is 0 Å². The van der Waals surface area contributed by atoms with Crippen molar-refractivity contribution in [3.05, 3.63) is 39.6 Å². The molecule has 1 fully saturated rings. The third kappa shape index (κ3) is 3.99. The molecule has 3 rings (SSSR count). The summed E-state index contributed by atoms with van der Waals surface area (Å²) in [7, 11) is 0. The third-order valence-electron chi connectivity index (χ3n) is 3.94. The fourth-order valence-electron chi connectivity index (χ4n) is 2.78. The molecule has 5 heteroatoms. The average molecular weight is 385 g/mol. The molecule has 2 aromatic rings. The molecule has 118 valence electrons. The Kier molecular flexibility index (Phi) is 5.69. The van der Waals surface area contributed by atoms with Crippen molar-refractivity contribution in [2.45, 2.75) is 38.4 Å². The topological polar surface area (TPSA) is 31.4 Å². The van der Waals surface area contributed by atoms with Gasteiger partial charge in [-0.05, 0) is 55.2 Å². The molecule has 1 aliphatic heterocycles. The van der Waals surface area contributed by atoms with E-state index in [4.69, 9.17) is 21.1 Å². The predicted molar refractivity (Wildman–Crippen MR) is 92.3 cm³/mol. The Labute approximate surface area is 144 Å². The van der Waals surface area contributed by atoms with Crippen LogP contribution in [0.1, 0.15) is 31.2 Å². The van der Waals surface area contributed by atoms with Crippen molar-refractivity contribution in [3.63, 3.8) is 0 Å². The molecule has 1 aliphatic rings. The molecular weight excluding hydrogens is 366 g/mol. The summed E-state index contributed by atoms with van der Waals surface area (Å²) in [6, 6.07) is 6.14. The Morgan fingerprint density at radius 3 is 3.05 bits per heavy atom. The second kappa shape index (κ2) is 7.73. The van der Waals surface area contributed by atoms with Gasteiger partial charge in [0.1, 0.15) is 5.15 Å². The van der Waals surface area contributed by atoms with Gasteiger partial charge in [0.15, 0.2) is 6.29 Å². The number of fused-ring (bicyclic) bond motifs is 1. The number of nitrogens with zero attached hydrogens (tertiary/aromatic N) is 1. The summed E-state index contributed by atoms with van der Waals surface area (Å²) in [5.74, 6) is 0. The van der Waals surface area contributed by atoms with E-state index < -0.39 is 0 Å². The van der Waals surface area contributed by atoms with E-state index >= 15 is 0 Å². The zero-order valence-electron chi connectivity index (χ0n) is 12.4. The van der Waals surface area contributed by atoms with Crippen LogP contribution in [-0.2, 0) is 15.9 Å². The Morgan fingerprint density at radius 2 is 2.23 bits per heavy atom.